The zero-order chi connectivity index (χ0) is 12.3. The number of hydrogen-bond donors (Lipinski definition) is 5. The van der Waals surface area contributed by atoms with Crippen LogP contribution in [0.5, 0.6) is 17.2 Å². The summed E-state index contributed by atoms with van der Waals surface area (Å²) in [6.45, 7) is 0. The number of aliphatic hydroxyl groups excluding tert-OH is 2. The quantitative estimate of drug-likeness (QED) is 0.392. The Balaban J connectivity index is 3.10. The molecule has 0 radical (unpaired) electrons. The van der Waals surface area contributed by atoms with Crippen LogP contribution in [-0.2, 0) is 0 Å². The fourth-order valence-corrected chi connectivity index (χ4v) is 1.46. The predicted molar refractivity (Wildman–Crippen MR) is 61.1 cm³/mol. The van der Waals surface area contributed by atoms with Gasteiger partial charge in [0.25, 0.3) is 0 Å². The van der Waals surface area contributed by atoms with Gasteiger partial charge in [-0.05, 0) is 17.7 Å². The maximum atomic E-state index is 9.68. The minimum Gasteiger partial charge on any atom is -0.504 e. The third-order valence-electron chi connectivity index (χ3n) is 2.19. The SMILES string of the molecule is COc1cc(C(O)C(O)CS)cc(O)c1O. The molecule has 0 fully saturated rings. The second kappa shape index (κ2) is 5.29. The Morgan fingerprint density at radius 2 is 1.94 bits per heavy atom. The fourth-order valence-electron chi connectivity index (χ4n) is 1.26. The molecule has 6 heteroatoms. The van der Waals surface area contributed by atoms with E-state index in [9.17, 15) is 20.4 Å². The first-order chi connectivity index (χ1) is 7.51. The highest BCUT2D eigenvalue weighted by atomic mass is 32.1. The molecule has 0 saturated heterocycles. The summed E-state index contributed by atoms with van der Waals surface area (Å²) in [4.78, 5) is 0. The number of aliphatic hydroxyl groups is 2. The van der Waals surface area contributed by atoms with E-state index >= 15 is 0 Å². The Morgan fingerprint density at radius 1 is 1.31 bits per heavy atom. The second-order valence-electron chi connectivity index (χ2n) is 3.29. The topological polar surface area (TPSA) is 90.2 Å². The van der Waals surface area contributed by atoms with E-state index in [4.69, 9.17) is 4.74 Å². The molecule has 1 aromatic rings. The van der Waals surface area contributed by atoms with Gasteiger partial charge in [0.05, 0.1) is 13.2 Å². The molecule has 0 aliphatic rings. The molecule has 0 heterocycles. The van der Waals surface area contributed by atoms with E-state index in [1.165, 1.54) is 13.2 Å². The maximum absolute atomic E-state index is 9.68. The highest BCUT2D eigenvalue weighted by Crippen LogP contribution is 2.38. The molecular formula is C10H14O5S. The van der Waals surface area contributed by atoms with Crippen LogP contribution in [-0.4, -0.2) is 39.4 Å². The van der Waals surface area contributed by atoms with Crippen molar-refractivity contribution in [3.05, 3.63) is 17.7 Å². The molecule has 0 saturated carbocycles. The van der Waals surface area contributed by atoms with E-state index in [2.05, 4.69) is 12.6 Å². The van der Waals surface area contributed by atoms with E-state index in [1.54, 1.807) is 0 Å². The number of phenolic OH excluding ortho intramolecular Hbond substituents is 2. The van der Waals surface area contributed by atoms with Crippen molar-refractivity contribution in [2.75, 3.05) is 12.9 Å². The molecule has 1 aromatic carbocycles. The number of thiol groups is 1. The number of aromatic hydroxyl groups is 2. The van der Waals surface area contributed by atoms with Gasteiger partial charge in [-0.25, -0.2) is 0 Å². The normalized spacial score (nSPS) is 14.5. The van der Waals surface area contributed by atoms with Gasteiger partial charge in [0.15, 0.2) is 11.5 Å². The predicted octanol–water partition coefficient (Wildman–Crippen LogP) is 0.430. The Bertz CT molecular complexity index is 368. The lowest BCUT2D eigenvalue weighted by Gasteiger charge is -2.17. The Kier molecular flexibility index (Phi) is 4.28. The Morgan fingerprint density at radius 3 is 2.44 bits per heavy atom. The standard InChI is InChI=1S/C10H14O5S/c1-15-8-3-5(2-6(11)10(8)14)9(13)7(12)4-16/h2-3,7,9,11-14,16H,4H2,1H3. The molecule has 1 rings (SSSR count). The molecule has 2 atom stereocenters. The first-order valence-corrected chi connectivity index (χ1v) is 5.21. The lowest BCUT2D eigenvalue weighted by Crippen LogP contribution is -2.19. The van der Waals surface area contributed by atoms with Crippen LogP contribution in [0.4, 0.5) is 0 Å². The molecule has 4 N–H and O–H groups in total. The highest BCUT2D eigenvalue weighted by molar-refractivity contribution is 7.80. The van der Waals surface area contributed by atoms with Crippen molar-refractivity contribution in [2.45, 2.75) is 12.2 Å². The molecule has 0 aromatic heterocycles. The zero-order valence-corrected chi connectivity index (χ0v) is 9.56. The average Bonchev–Trinajstić information content (AvgIpc) is 2.30. The largest absolute Gasteiger partial charge is 0.504 e. The molecule has 0 aliphatic heterocycles. The van der Waals surface area contributed by atoms with Gasteiger partial charge in [-0.15, -0.1) is 0 Å². The van der Waals surface area contributed by atoms with E-state index in [-0.39, 0.29) is 17.1 Å². The van der Waals surface area contributed by atoms with Gasteiger partial charge >= 0.3 is 0 Å². The Hall–Kier alpha value is -1.11. The summed E-state index contributed by atoms with van der Waals surface area (Å²) in [6.07, 6.45) is -2.25. The van der Waals surface area contributed by atoms with Crippen molar-refractivity contribution in [3.63, 3.8) is 0 Å². The van der Waals surface area contributed by atoms with Gasteiger partial charge < -0.3 is 25.2 Å². The summed E-state index contributed by atoms with van der Waals surface area (Å²) in [6, 6.07) is 2.50. The first kappa shape index (κ1) is 13.0. The average molecular weight is 246 g/mol. The summed E-state index contributed by atoms with van der Waals surface area (Å²) < 4.78 is 4.81. The molecule has 5 nitrogen and oxygen atoms in total. The molecule has 0 spiro atoms. The van der Waals surface area contributed by atoms with Crippen LogP contribution >= 0.6 is 12.6 Å². The molecule has 2 unspecified atom stereocenters. The van der Waals surface area contributed by atoms with Crippen molar-refractivity contribution in [1.29, 1.82) is 0 Å². The molecule has 0 aliphatic carbocycles. The highest BCUT2D eigenvalue weighted by Gasteiger charge is 2.20. The van der Waals surface area contributed by atoms with Crippen molar-refractivity contribution >= 4 is 12.6 Å². The van der Waals surface area contributed by atoms with Crippen LogP contribution in [0.25, 0.3) is 0 Å². The third-order valence-corrected chi connectivity index (χ3v) is 2.56. The number of benzene rings is 1. The van der Waals surface area contributed by atoms with Crippen molar-refractivity contribution < 1.29 is 25.2 Å². The van der Waals surface area contributed by atoms with Crippen molar-refractivity contribution in [2.24, 2.45) is 0 Å². The summed E-state index contributed by atoms with van der Waals surface area (Å²) in [7, 11) is 1.32. The van der Waals surface area contributed by atoms with Crippen molar-refractivity contribution in [3.8, 4) is 17.2 Å². The second-order valence-corrected chi connectivity index (χ2v) is 3.65. The summed E-state index contributed by atoms with van der Waals surface area (Å²) in [5, 5.41) is 37.8. The minimum absolute atomic E-state index is 0.0282. The lowest BCUT2D eigenvalue weighted by molar-refractivity contribution is 0.0335. The number of ether oxygens (including phenoxy) is 1. The van der Waals surface area contributed by atoms with Crippen LogP contribution < -0.4 is 4.74 Å². The van der Waals surface area contributed by atoms with Gasteiger partial charge in [-0.1, -0.05) is 0 Å². The van der Waals surface area contributed by atoms with Crippen LogP contribution in [0.3, 0.4) is 0 Å². The number of phenols is 2. The van der Waals surface area contributed by atoms with Crippen LogP contribution in [0, 0.1) is 0 Å². The van der Waals surface area contributed by atoms with Gasteiger partial charge in [-0.2, -0.15) is 12.6 Å². The molecule has 0 bridgehead atoms. The zero-order valence-electron chi connectivity index (χ0n) is 8.66. The summed E-state index contributed by atoms with van der Waals surface area (Å²) in [5.41, 5.74) is 0.244. The van der Waals surface area contributed by atoms with Crippen LogP contribution in [0.1, 0.15) is 11.7 Å². The van der Waals surface area contributed by atoms with Crippen LogP contribution in [0.2, 0.25) is 0 Å². The molecule has 0 amide bonds. The summed E-state index contributed by atoms with van der Waals surface area (Å²) >= 11 is 3.85. The van der Waals surface area contributed by atoms with Gasteiger partial charge in [0.2, 0.25) is 5.75 Å². The number of hydrogen-bond acceptors (Lipinski definition) is 6. The van der Waals surface area contributed by atoms with E-state index in [0.717, 1.165) is 6.07 Å². The number of methoxy groups -OCH3 is 1. The minimum atomic E-state index is -1.20. The lowest BCUT2D eigenvalue weighted by atomic mass is 10.0. The summed E-state index contributed by atoms with van der Waals surface area (Å²) in [5.74, 6) is -0.718. The third kappa shape index (κ3) is 2.52. The van der Waals surface area contributed by atoms with Gasteiger partial charge in [0.1, 0.15) is 6.10 Å². The van der Waals surface area contributed by atoms with E-state index < -0.39 is 23.7 Å². The molecular weight excluding hydrogens is 232 g/mol. The fraction of sp³-hybridized carbons (Fsp3) is 0.400. The van der Waals surface area contributed by atoms with E-state index in [1.807, 2.05) is 0 Å². The maximum Gasteiger partial charge on any atom is 0.200 e. The smallest absolute Gasteiger partial charge is 0.200 e. The van der Waals surface area contributed by atoms with E-state index in [0.29, 0.717) is 0 Å². The van der Waals surface area contributed by atoms with Crippen molar-refractivity contribution in [1.82, 2.24) is 0 Å². The molecule has 90 valence electrons. The Labute approximate surface area is 98.3 Å². The first-order valence-electron chi connectivity index (χ1n) is 4.58. The van der Waals surface area contributed by atoms with Gasteiger partial charge in [0, 0.05) is 5.75 Å². The monoisotopic (exact) mass is 246 g/mol. The molecule has 16 heavy (non-hydrogen) atoms. The number of rotatable bonds is 4. The van der Waals surface area contributed by atoms with Gasteiger partial charge in [-0.3, -0.25) is 0 Å². The van der Waals surface area contributed by atoms with Crippen LogP contribution in [0.15, 0.2) is 12.1 Å².